The highest BCUT2D eigenvalue weighted by molar-refractivity contribution is 7.89. The predicted molar refractivity (Wildman–Crippen MR) is 128 cm³/mol. The van der Waals surface area contributed by atoms with E-state index in [2.05, 4.69) is 4.98 Å². The maximum atomic E-state index is 14.9. The molecule has 1 amide bonds. The van der Waals surface area contributed by atoms with E-state index in [1.54, 1.807) is 12.1 Å². The molecule has 0 radical (unpaired) electrons. The third-order valence-corrected chi connectivity index (χ3v) is 6.63. The molecule has 0 aliphatic heterocycles. The normalized spacial score (nSPS) is 11.4. The van der Waals surface area contributed by atoms with Crippen LogP contribution in [0, 0.1) is 5.82 Å². The van der Waals surface area contributed by atoms with Crippen LogP contribution in [0.3, 0.4) is 0 Å². The summed E-state index contributed by atoms with van der Waals surface area (Å²) in [7, 11) is -3.89. The highest BCUT2D eigenvalue weighted by atomic mass is 32.2. The number of ether oxygens (including phenoxy) is 1. The minimum absolute atomic E-state index is 0.124. The van der Waals surface area contributed by atoms with Gasteiger partial charge < -0.3 is 9.72 Å². The number of nitrogens with one attached hydrogen (secondary N) is 2. The molecule has 0 spiro atoms. The third-order valence-electron chi connectivity index (χ3n) is 4.81. The summed E-state index contributed by atoms with van der Waals surface area (Å²) in [5.74, 6) is -1.27. The molecule has 0 bridgehead atoms. The zero-order valence-corrected chi connectivity index (χ0v) is 20.2. The molecule has 0 saturated carbocycles. The van der Waals surface area contributed by atoms with Crippen molar-refractivity contribution in [2.75, 3.05) is 12.9 Å². The van der Waals surface area contributed by atoms with E-state index in [-0.39, 0.29) is 22.4 Å². The molecule has 3 rings (SSSR count). The summed E-state index contributed by atoms with van der Waals surface area (Å²) in [6, 6.07) is 9.44. The van der Waals surface area contributed by atoms with Crippen LogP contribution in [0.4, 0.5) is 4.39 Å². The summed E-state index contributed by atoms with van der Waals surface area (Å²) in [6.07, 6.45) is 3.37. The molecule has 7 nitrogen and oxygen atoms in total. The molecule has 2 aromatic heterocycles. The van der Waals surface area contributed by atoms with E-state index in [1.165, 1.54) is 29.5 Å². The lowest BCUT2D eigenvalue weighted by molar-refractivity contribution is 0.0981. The Hall–Kier alpha value is -2.98. The van der Waals surface area contributed by atoms with Crippen LogP contribution in [0.1, 0.15) is 41.9 Å². The second-order valence-electron chi connectivity index (χ2n) is 7.47. The Bertz CT molecular complexity index is 1330. The quantitative estimate of drug-likeness (QED) is 0.432. The second kappa shape index (κ2) is 10.3. The standard InChI is InChI=1S/C23H25FN2O5S2/c1-4-6-11-31-14-7-9-16(18(24)12-14)19-13-17(20-10-8-15(5-2)32-20)21(22(27)25-19)23(28)26-33(3,29)30/h7-10,12-13H,4-6,11H2,1-3H3,(H,25,27)(H,26,28). The Morgan fingerprint density at radius 3 is 2.52 bits per heavy atom. The van der Waals surface area contributed by atoms with Crippen molar-refractivity contribution in [2.45, 2.75) is 33.1 Å². The van der Waals surface area contributed by atoms with Crippen molar-refractivity contribution < 1.29 is 22.3 Å². The number of aromatic nitrogens is 1. The van der Waals surface area contributed by atoms with E-state index >= 15 is 0 Å². The average molecular weight is 493 g/mol. The monoisotopic (exact) mass is 492 g/mol. The highest BCUT2D eigenvalue weighted by Crippen LogP contribution is 2.33. The predicted octanol–water partition coefficient (Wildman–Crippen LogP) is 4.34. The first kappa shape index (κ1) is 24.7. The molecule has 0 fully saturated rings. The number of sulfonamides is 1. The van der Waals surface area contributed by atoms with Crippen molar-refractivity contribution in [2.24, 2.45) is 0 Å². The number of thiophene rings is 1. The molecule has 3 aromatic rings. The molecule has 2 N–H and O–H groups in total. The van der Waals surface area contributed by atoms with E-state index in [0.717, 1.165) is 30.4 Å². The third kappa shape index (κ3) is 6.08. The number of rotatable bonds is 9. The van der Waals surface area contributed by atoms with Gasteiger partial charge in [-0.05, 0) is 43.2 Å². The molecule has 176 valence electrons. The zero-order valence-electron chi connectivity index (χ0n) is 18.5. The first-order chi connectivity index (χ1) is 15.6. The molecule has 0 atom stereocenters. The number of hydrogen-bond donors (Lipinski definition) is 2. The van der Waals surface area contributed by atoms with Crippen LogP contribution in [-0.2, 0) is 16.4 Å². The van der Waals surface area contributed by atoms with Gasteiger partial charge in [-0.15, -0.1) is 11.3 Å². The van der Waals surface area contributed by atoms with Crippen molar-refractivity contribution in [3.05, 3.63) is 63.0 Å². The lowest BCUT2D eigenvalue weighted by atomic mass is 10.0. The van der Waals surface area contributed by atoms with Crippen LogP contribution >= 0.6 is 11.3 Å². The Labute approximate surface area is 195 Å². The molecule has 33 heavy (non-hydrogen) atoms. The van der Waals surface area contributed by atoms with Gasteiger partial charge in [-0.1, -0.05) is 20.3 Å². The van der Waals surface area contributed by atoms with Gasteiger partial charge in [-0.3, -0.25) is 9.59 Å². The number of pyridine rings is 1. The number of amides is 1. The van der Waals surface area contributed by atoms with Crippen molar-refractivity contribution in [1.82, 2.24) is 9.71 Å². The largest absolute Gasteiger partial charge is 0.493 e. The first-order valence-electron chi connectivity index (χ1n) is 10.4. The van der Waals surface area contributed by atoms with Crippen LogP contribution < -0.4 is 15.0 Å². The van der Waals surface area contributed by atoms with Gasteiger partial charge >= 0.3 is 0 Å². The van der Waals surface area contributed by atoms with Gasteiger partial charge in [0.05, 0.1) is 18.6 Å². The van der Waals surface area contributed by atoms with Crippen LogP contribution in [-0.4, -0.2) is 32.2 Å². The lowest BCUT2D eigenvalue weighted by Crippen LogP contribution is -2.34. The summed E-state index contributed by atoms with van der Waals surface area (Å²) < 4.78 is 45.4. The molecule has 10 heteroatoms. The minimum atomic E-state index is -3.89. The fourth-order valence-corrected chi connectivity index (χ4v) is 4.60. The fraction of sp³-hybridized carbons (Fsp3) is 0.304. The van der Waals surface area contributed by atoms with Crippen LogP contribution in [0.25, 0.3) is 21.7 Å². The Kier molecular flexibility index (Phi) is 7.70. The number of hydrogen-bond acceptors (Lipinski definition) is 6. The molecule has 2 heterocycles. The zero-order chi connectivity index (χ0) is 24.2. The minimum Gasteiger partial charge on any atom is -0.493 e. The summed E-state index contributed by atoms with van der Waals surface area (Å²) in [6.45, 7) is 4.46. The van der Waals surface area contributed by atoms with E-state index in [9.17, 15) is 22.4 Å². The van der Waals surface area contributed by atoms with E-state index in [4.69, 9.17) is 4.74 Å². The fourth-order valence-electron chi connectivity index (χ4n) is 3.20. The van der Waals surface area contributed by atoms with E-state index in [1.807, 2.05) is 24.6 Å². The smallest absolute Gasteiger partial charge is 0.270 e. The Balaban J connectivity index is 2.11. The SMILES string of the molecule is CCCCOc1ccc(-c2cc(-c3ccc(CC)s3)c(C(=O)NS(C)(=O)=O)c(=O)[nH]2)c(F)c1. The van der Waals surface area contributed by atoms with Crippen molar-refractivity contribution in [1.29, 1.82) is 0 Å². The van der Waals surface area contributed by atoms with Gasteiger partial charge in [0.25, 0.3) is 11.5 Å². The summed E-state index contributed by atoms with van der Waals surface area (Å²) in [5, 5.41) is 0. The van der Waals surface area contributed by atoms with Crippen molar-refractivity contribution >= 4 is 27.3 Å². The summed E-state index contributed by atoms with van der Waals surface area (Å²) in [5.41, 5.74) is -0.665. The van der Waals surface area contributed by atoms with Crippen molar-refractivity contribution in [3.63, 3.8) is 0 Å². The molecule has 0 aliphatic rings. The maximum absolute atomic E-state index is 14.9. The van der Waals surface area contributed by atoms with Crippen LogP contribution in [0.5, 0.6) is 5.75 Å². The van der Waals surface area contributed by atoms with Gasteiger partial charge in [0.15, 0.2) is 0 Å². The second-order valence-corrected chi connectivity index (χ2v) is 10.4. The maximum Gasteiger partial charge on any atom is 0.270 e. The molecule has 1 aromatic carbocycles. The number of aryl methyl sites for hydroxylation is 1. The number of carbonyl (C=O) groups excluding carboxylic acids is 1. The van der Waals surface area contributed by atoms with Gasteiger partial charge in [0, 0.05) is 26.9 Å². The first-order valence-corrected chi connectivity index (χ1v) is 13.1. The number of H-pyrrole nitrogens is 1. The Morgan fingerprint density at radius 1 is 1.15 bits per heavy atom. The number of aromatic amines is 1. The van der Waals surface area contributed by atoms with E-state index < -0.39 is 27.3 Å². The van der Waals surface area contributed by atoms with Gasteiger partial charge in [0.1, 0.15) is 17.1 Å². The average Bonchev–Trinajstić information content (AvgIpc) is 3.21. The summed E-state index contributed by atoms with van der Waals surface area (Å²) in [4.78, 5) is 29.7. The topological polar surface area (TPSA) is 105 Å². The van der Waals surface area contributed by atoms with E-state index in [0.29, 0.717) is 17.2 Å². The van der Waals surface area contributed by atoms with Gasteiger partial charge in [-0.2, -0.15) is 0 Å². The molecule has 0 saturated heterocycles. The van der Waals surface area contributed by atoms with Gasteiger partial charge in [-0.25, -0.2) is 17.5 Å². The van der Waals surface area contributed by atoms with Crippen molar-refractivity contribution in [3.8, 4) is 27.4 Å². The number of halogens is 1. The number of unbranched alkanes of at least 4 members (excludes halogenated alkanes) is 1. The molecular formula is C23H25FN2O5S2. The number of carbonyl (C=O) groups is 1. The van der Waals surface area contributed by atoms with Crippen LogP contribution in [0.15, 0.2) is 41.2 Å². The van der Waals surface area contributed by atoms with Gasteiger partial charge in [0.2, 0.25) is 10.0 Å². The van der Waals surface area contributed by atoms with Crippen LogP contribution in [0.2, 0.25) is 0 Å². The lowest BCUT2D eigenvalue weighted by Gasteiger charge is -2.12. The molecule has 0 aliphatic carbocycles. The molecular weight excluding hydrogens is 467 g/mol. The highest BCUT2D eigenvalue weighted by Gasteiger charge is 2.23. The summed E-state index contributed by atoms with van der Waals surface area (Å²) >= 11 is 1.37. The molecule has 0 unspecified atom stereocenters. The number of benzene rings is 1. The Morgan fingerprint density at radius 2 is 1.91 bits per heavy atom.